The van der Waals surface area contributed by atoms with Gasteiger partial charge in [-0.1, -0.05) is 27.5 Å². The maximum Gasteiger partial charge on any atom is 0.163 e. The highest BCUT2D eigenvalue weighted by molar-refractivity contribution is 9.10. The van der Waals surface area contributed by atoms with E-state index in [9.17, 15) is 0 Å². The molecule has 0 saturated heterocycles. The van der Waals surface area contributed by atoms with E-state index in [1.54, 1.807) is 6.33 Å². The van der Waals surface area contributed by atoms with E-state index >= 15 is 0 Å². The van der Waals surface area contributed by atoms with Gasteiger partial charge in [-0.3, -0.25) is 0 Å². The van der Waals surface area contributed by atoms with Gasteiger partial charge in [0.2, 0.25) is 0 Å². The van der Waals surface area contributed by atoms with Crippen LogP contribution in [0.5, 0.6) is 0 Å². The summed E-state index contributed by atoms with van der Waals surface area (Å²) in [5, 5.41) is 8.49. The summed E-state index contributed by atoms with van der Waals surface area (Å²) in [6, 6.07) is 5.65. The molecule has 0 spiro atoms. The summed E-state index contributed by atoms with van der Waals surface area (Å²) in [7, 11) is 1.89. The van der Waals surface area contributed by atoms with Crippen LogP contribution in [0.4, 0.5) is 0 Å². The molecule has 0 unspecified atom stereocenters. The van der Waals surface area contributed by atoms with Crippen molar-refractivity contribution in [3.63, 3.8) is 0 Å². The van der Waals surface area contributed by atoms with Crippen molar-refractivity contribution in [2.24, 2.45) is 7.05 Å². The Balaban J connectivity index is 2.57. The van der Waals surface area contributed by atoms with Gasteiger partial charge in [-0.25, -0.2) is 0 Å². The summed E-state index contributed by atoms with van der Waals surface area (Å²) in [4.78, 5) is 0. The first kappa shape index (κ1) is 9.68. The quantitative estimate of drug-likeness (QED) is 0.799. The first-order chi connectivity index (χ1) is 6.66. The number of aryl methyl sites for hydroxylation is 1. The zero-order valence-corrected chi connectivity index (χ0v) is 9.75. The van der Waals surface area contributed by atoms with Gasteiger partial charge in [0.05, 0.1) is 0 Å². The van der Waals surface area contributed by atoms with Crippen LogP contribution in [0.25, 0.3) is 11.4 Å². The Kier molecular flexibility index (Phi) is 2.56. The van der Waals surface area contributed by atoms with Crippen molar-refractivity contribution in [3.8, 4) is 11.4 Å². The first-order valence-electron chi connectivity index (χ1n) is 3.97. The fourth-order valence-electron chi connectivity index (χ4n) is 1.23. The SMILES string of the molecule is Cn1cnnc1-c1cc(Cl)cc(Br)c1. The zero-order valence-electron chi connectivity index (χ0n) is 7.41. The fourth-order valence-corrected chi connectivity index (χ4v) is 2.09. The van der Waals surface area contributed by atoms with E-state index in [4.69, 9.17) is 11.6 Å². The number of nitrogens with zero attached hydrogens (tertiary/aromatic N) is 3. The van der Waals surface area contributed by atoms with Crippen molar-refractivity contribution >= 4 is 27.5 Å². The molecule has 0 amide bonds. The molecule has 1 heterocycles. The molecule has 0 radical (unpaired) electrons. The molecule has 0 aliphatic heterocycles. The highest BCUT2D eigenvalue weighted by atomic mass is 79.9. The normalized spacial score (nSPS) is 10.5. The lowest BCUT2D eigenvalue weighted by Crippen LogP contribution is -1.90. The van der Waals surface area contributed by atoms with Crippen molar-refractivity contribution in [1.82, 2.24) is 14.8 Å². The van der Waals surface area contributed by atoms with Crippen LogP contribution in [0.15, 0.2) is 29.0 Å². The minimum atomic E-state index is 0.678. The van der Waals surface area contributed by atoms with E-state index in [0.29, 0.717) is 5.02 Å². The molecule has 14 heavy (non-hydrogen) atoms. The summed E-state index contributed by atoms with van der Waals surface area (Å²) in [5.41, 5.74) is 0.948. The number of benzene rings is 1. The van der Waals surface area contributed by atoms with Gasteiger partial charge in [0.1, 0.15) is 6.33 Å². The third-order valence-corrected chi connectivity index (χ3v) is 2.51. The molecule has 0 atom stereocenters. The van der Waals surface area contributed by atoms with Crippen LogP contribution in [0.3, 0.4) is 0 Å². The Morgan fingerprint density at radius 3 is 2.71 bits per heavy atom. The molecule has 0 fully saturated rings. The van der Waals surface area contributed by atoms with Crippen LogP contribution in [0.1, 0.15) is 0 Å². The second-order valence-corrected chi connectivity index (χ2v) is 4.28. The molecule has 2 rings (SSSR count). The van der Waals surface area contributed by atoms with Gasteiger partial charge in [-0.2, -0.15) is 0 Å². The third-order valence-electron chi connectivity index (χ3n) is 1.83. The lowest BCUT2D eigenvalue weighted by Gasteiger charge is -2.01. The molecule has 2 aromatic rings. The Bertz CT molecular complexity index is 447. The van der Waals surface area contributed by atoms with Crippen molar-refractivity contribution in [1.29, 1.82) is 0 Å². The molecule has 0 bridgehead atoms. The number of rotatable bonds is 1. The number of aromatic nitrogens is 3. The monoisotopic (exact) mass is 271 g/mol. The summed E-state index contributed by atoms with van der Waals surface area (Å²) >= 11 is 9.31. The second-order valence-electron chi connectivity index (χ2n) is 2.92. The second kappa shape index (κ2) is 3.71. The molecule has 0 aliphatic carbocycles. The van der Waals surface area contributed by atoms with Crippen LogP contribution in [-0.2, 0) is 7.05 Å². The summed E-state index contributed by atoms with van der Waals surface area (Å²) in [6.45, 7) is 0. The van der Waals surface area contributed by atoms with E-state index in [-0.39, 0.29) is 0 Å². The molecule has 1 aromatic carbocycles. The number of halogens is 2. The molecule has 1 aromatic heterocycles. The summed E-state index contributed by atoms with van der Waals surface area (Å²) < 4.78 is 2.78. The van der Waals surface area contributed by atoms with Crippen molar-refractivity contribution in [2.75, 3.05) is 0 Å². The highest BCUT2D eigenvalue weighted by Gasteiger charge is 2.05. The molecule has 0 N–H and O–H groups in total. The van der Waals surface area contributed by atoms with E-state index in [1.807, 2.05) is 29.8 Å². The molecular weight excluding hydrogens is 265 g/mol. The average Bonchev–Trinajstić information content (AvgIpc) is 2.49. The predicted octanol–water partition coefficient (Wildman–Crippen LogP) is 2.90. The number of hydrogen-bond donors (Lipinski definition) is 0. The van der Waals surface area contributed by atoms with Crippen LogP contribution in [-0.4, -0.2) is 14.8 Å². The van der Waals surface area contributed by atoms with Crippen molar-refractivity contribution in [3.05, 3.63) is 34.0 Å². The van der Waals surface area contributed by atoms with E-state index in [2.05, 4.69) is 26.1 Å². The van der Waals surface area contributed by atoms with Crippen LogP contribution >= 0.6 is 27.5 Å². The number of hydrogen-bond acceptors (Lipinski definition) is 2. The molecule has 5 heteroatoms. The van der Waals surface area contributed by atoms with E-state index in [0.717, 1.165) is 15.9 Å². The Morgan fingerprint density at radius 1 is 1.36 bits per heavy atom. The zero-order chi connectivity index (χ0) is 10.1. The Labute approximate surface area is 94.9 Å². The molecule has 0 aliphatic rings. The lowest BCUT2D eigenvalue weighted by molar-refractivity contribution is 0.919. The molecule has 0 saturated carbocycles. The first-order valence-corrected chi connectivity index (χ1v) is 5.14. The smallest absolute Gasteiger partial charge is 0.163 e. The predicted molar refractivity (Wildman–Crippen MR) is 59.1 cm³/mol. The minimum absolute atomic E-state index is 0.678. The minimum Gasteiger partial charge on any atom is -0.317 e. The third kappa shape index (κ3) is 1.81. The fraction of sp³-hybridized carbons (Fsp3) is 0.111. The van der Waals surface area contributed by atoms with Gasteiger partial charge in [0.15, 0.2) is 5.82 Å². The molecular formula is C9H7BrClN3. The van der Waals surface area contributed by atoms with Gasteiger partial charge >= 0.3 is 0 Å². The largest absolute Gasteiger partial charge is 0.317 e. The van der Waals surface area contributed by atoms with Crippen molar-refractivity contribution in [2.45, 2.75) is 0 Å². The topological polar surface area (TPSA) is 30.7 Å². The van der Waals surface area contributed by atoms with Gasteiger partial charge in [-0.05, 0) is 18.2 Å². The van der Waals surface area contributed by atoms with Gasteiger partial charge < -0.3 is 4.57 Å². The highest BCUT2D eigenvalue weighted by Crippen LogP contribution is 2.25. The van der Waals surface area contributed by atoms with Crippen LogP contribution in [0, 0.1) is 0 Å². The van der Waals surface area contributed by atoms with Gasteiger partial charge in [-0.15, -0.1) is 10.2 Å². The maximum atomic E-state index is 5.93. The van der Waals surface area contributed by atoms with Crippen LogP contribution in [0.2, 0.25) is 5.02 Å². The lowest BCUT2D eigenvalue weighted by atomic mass is 10.2. The molecule has 3 nitrogen and oxygen atoms in total. The van der Waals surface area contributed by atoms with Crippen LogP contribution < -0.4 is 0 Å². The standard InChI is InChI=1S/C9H7BrClN3/c1-14-5-12-13-9(14)6-2-7(10)4-8(11)3-6/h2-5H,1H3. The average molecular weight is 273 g/mol. The van der Waals surface area contributed by atoms with Crippen molar-refractivity contribution < 1.29 is 0 Å². The summed E-state index contributed by atoms with van der Waals surface area (Å²) in [5.74, 6) is 0.799. The van der Waals surface area contributed by atoms with E-state index < -0.39 is 0 Å². The summed E-state index contributed by atoms with van der Waals surface area (Å²) in [6.07, 6.45) is 1.66. The maximum absolute atomic E-state index is 5.93. The van der Waals surface area contributed by atoms with E-state index in [1.165, 1.54) is 0 Å². The van der Waals surface area contributed by atoms with Gasteiger partial charge in [0, 0.05) is 22.1 Å². The Hall–Kier alpha value is -0.870. The molecule has 72 valence electrons. The van der Waals surface area contributed by atoms with Gasteiger partial charge in [0.25, 0.3) is 0 Å². The Morgan fingerprint density at radius 2 is 2.14 bits per heavy atom.